The third-order valence-corrected chi connectivity index (χ3v) is 4.01. The van der Waals surface area contributed by atoms with Crippen molar-refractivity contribution < 1.29 is 19.1 Å². The first kappa shape index (κ1) is 18.6. The second-order valence-electron chi connectivity index (χ2n) is 6.93. The van der Waals surface area contributed by atoms with Crippen molar-refractivity contribution >= 4 is 23.7 Å². The Labute approximate surface area is 147 Å². The van der Waals surface area contributed by atoms with Crippen LogP contribution in [0.3, 0.4) is 0 Å². The number of halogens is 1. The lowest BCUT2D eigenvalue weighted by atomic mass is 9.82. The molecule has 1 aliphatic rings. The lowest BCUT2D eigenvalue weighted by molar-refractivity contribution is 0.0520. The second kappa shape index (κ2) is 7.88. The van der Waals surface area contributed by atoms with Gasteiger partial charge in [0.1, 0.15) is 5.60 Å². The lowest BCUT2D eigenvalue weighted by Gasteiger charge is -2.27. The highest BCUT2D eigenvalue weighted by Gasteiger charge is 2.23. The topological polar surface area (TPSA) is 64.6 Å². The number of hydrogen-bond acceptors (Lipinski definition) is 4. The number of hydrogen-bond donors (Lipinski definition) is 1. The highest BCUT2D eigenvalue weighted by molar-refractivity contribution is 6.17. The van der Waals surface area contributed by atoms with Gasteiger partial charge in [0.2, 0.25) is 0 Å². The molecule has 1 amide bonds. The minimum atomic E-state index is -0.521. The standard InChI is InChI=1S/C18H24ClNO4/c1-18(2,3)24-17(22)20-10-14-6-4-5-12-7-8-13(9-15(12)14)16(21)23-11-19/h7-9,14H,4-6,10-11H2,1-3H3,(H,20,22). The number of nitrogens with one attached hydrogen (secondary N) is 1. The van der Waals surface area contributed by atoms with Crippen LogP contribution < -0.4 is 5.32 Å². The Morgan fingerprint density at radius 1 is 1.33 bits per heavy atom. The van der Waals surface area contributed by atoms with E-state index in [1.165, 1.54) is 5.56 Å². The average Bonchev–Trinajstić information content (AvgIpc) is 2.51. The van der Waals surface area contributed by atoms with E-state index in [2.05, 4.69) is 5.32 Å². The van der Waals surface area contributed by atoms with E-state index in [0.717, 1.165) is 24.8 Å². The Morgan fingerprint density at radius 2 is 2.08 bits per heavy atom. The molecule has 0 aromatic heterocycles. The van der Waals surface area contributed by atoms with E-state index in [9.17, 15) is 9.59 Å². The summed E-state index contributed by atoms with van der Waals surface area (Å²) >= 11 is 5.45. The molecule has 0 fully saturated rings. The molecule has 0 saturated heterocycles. The van der Waals surface area contributed by atoms with E-state index in [-0.39, 0.29) is 12.0 Å². The van der Waals surface area contributed by atoms with Gasteiger partial charge < -0.3 is 14.8 Å². The Balaban J connectivity index is 2.08. The molecule has 0 spiro atoms. The number of fused-ring (bicyclic) bond motifs is 1. The molecule has 6 heteroatoms. The molecule has 1 N–H and O–H groups in total. The van der Waals surface area contributed by atoms with Crippen molar-refractivity contribution in [2.45, 2.75) is 51.6 Å². The first-order valence-corrected chi connectivity index (χ1v) is 8.66. The maximum Gasteiger partial charge on any atom is 0.407 e. The summed E-state index contributed by atoms with van der Waals surface area (Å²) in [5, 5.41) is 2.83. The van der Waals surface area contributed by atoms with Gasteiger partial charge in [0, 0.05) is 12.5 Å². The second-order valence-corrected chi connectivity index (χ2v) is 7.14. The first-order chi connectivity index (χ1) is 11.3. The van der Waals surface area contributed by atoms with Crippen molar-refractivity contribution in [2.24, 2.45) is 0 Å². The fraction of sp³-hybridized carbons (Fsp3) is 0.556. The van der Waals surface area contributed by atoms with E-state index in [4.69, 9.17) is 21.1 Å². The summed E-state index contributed by atoms with van der Waals surface area (Å²) in [6.07, 6.45) is 2.56. The van der Waals surface area contributed by atoms with Gasteiger partial charge in [0.05, 0.1) is 5.56 Å². The van der Waals surface area contributed by atoms with Gasteiger partial charge >= 0.3 is 12.1 Å². The van der Waals surface area contributed by atoms with Gasteiger partial charge in [-0.1, -0.05) is 17.7 Å². The van der Waals surface area contributed by atoms with Crippen LogP contribution in [-0.2, 0) is 15.9 Å². The highest BCUT2D eigenvalue weighted by atomic mass is 35.5. The molecule has 2 rings (SSSR count). The van der Waals surface area contributed by atoms with E-state index in [0.29, 0.717) is 12.1 Å². The number of rotatable bonds is 4. The molecule has 1 unspecified atom stereocenters. The van der Waals surface area contributed by atoms with Crippen LogP contribution in [0, 0.1) is 0 Å². The SMILES string of the molecule is CC(C)(C)OC(=O)NCC1CCCc2ccc(C(=O)OCCl)cc21. The molecule has 0 aliphatic heterocycles. The van der Waals surface area contributed by atoms with Crippen LogP contribution >= 0.6 is 11.6 Å². The number of amides is 1. The molecular weight excluding hydrogens is 330 g/mol. The Bertz CT molecular complexity index is 610. The quantitative estimate of drug-likeness (QED) is 0.656. The van der Waals surface area contributed by atoms with E-state index in [1.807, 2.05) is 32.9 Å². The van der Waals surface area contributed by atoms with Crippen molar-refractivity contribution in [1.29, 1.82) is 0 Å². The highest BCUT2D eigenvalue weighted by Crippen LogP contribution is 2.32. The Morgan fingerprint density at radius 3 is 2.75 bits per heavy atom. The molecule has 24 heavy (non-hydrogen) atoms. The van der Waals surface area contributed by atoms with Gasteiger partial charge in [-0.15, -0.1) is 0 Å². The number of alkyl carbamates (subject to hydrolysis) is 1. The van der Waals surface area contributed by atoms with Crippen molar-refractivity contribution in [1.82, 2.24) is 5.32 Å². The summed E-state index contributed by atoms with van der Waals surface area (Å²) in [6, 6.07) is 5.40. The van der Waals surface area contributed by atoms with Crippen LogP contribution in [0.1, 0.15) is 61.0 Å². The Kier molecular flexibility index (Phi) is 6.10. The monoisotopic (exact) mass is 353 g/mol. The summed E-state index contributed by atoms with van der Waals surface area (Å²) in [4.78, 5) is 23.7. The molecule has 1 aliphatic carbocycles. The number of alkyl halides is 1. The number of esters is 1. The lowest BCUT2D eigenvalue weighted by Crippen LogP contribution is -2.35. The third kappa shape index (κ3) is 5.13. The summed E-state index contributed by atoms with van der Waals surface area (Å²) in [6.45, 7) is 5.97. The molecule has 1 aromatic rings. The molecule has 0 bridgehead atoms. The smallest absolute Gasteiger partial charge is 0.407 e. The van der Waals surface area contributed by atoms with Crippen LogP contribution in [0.25, 0.3) is 0 Å². The summed E-state index contributed by atoms with van der Waals surface area (Å²) < 4.78 is 10.1. The zero-order valence-electron chi connectivity index (χ0n) is 14.4. The van der Waals surface area contributed by atoms with Crippen molar-refractivity contribution in [3.05, 3.63) is 34.9 Å². The largest absolute Gasteiger partial charge is 0.446 e. The number of ether oxygens (including phenoxy) is 2. The van der Waals surface area contributed by atoms with Crippen molar-refractivity contribution in [2.75, 3.05) is 12.6 Å². The van der Waals surface area contributed by atoms with Crippen molar-refractivity contribution in [3.63, 3.8) is 0 Å². The number of aryl methyl sites for hydroxylation is 1. The third-order valence-electron chi connectivity index (χ3n) is 3.90. The number of carbonyl (C=O) groups excluding carboxylic acids is 2. The zero-order valence-corrected chi connectivity index (χ0v) is 15.1. The fourth-order valence-corrected chi connectivity index (χ4v) is 2.99. The molecule has 5 nitrogen and oxygen atoms in total. The van der Waals surface area contributed by atoms with E-state index < -0.39 is 17.7 Å². The molecule has 132 valence electrons. The maximum absolute atomic E-state index is 11.9. The van der Waals surface area contributed by atoms with Gasteiger partial charge in [0.25, 0.3) is 0 Å². The minimum Gasteiger partial charge on any atom is -0.446 e. The van der Waals surface area contributed by atoms with E-state index in [1.54, 1.807) is 6.07 Å². The van der Waals surface area contributed by atoms with Crippen LogP contribution in [-0.4, -0.2) is 30.3 Å². The van der Waals surface area contributed by atoms with Gasteiger partial charge in [-0.2, -0.15) is 0 Å². The van der Waals surface area contributed by atoms with Gasteiger partial charge in [0.15, 0.2) is 6.07 Å². The molecule has 1 aromatic carbocycles. The minimum absolute atomic E-state index is 0.157. The van der Waals surface area contributed by atoms with E-state index >= 15 is 0 Å². The van der Waals surface area contributed by atoms with Crippen LogP contribution in [0.2, 0.25) is 0 Å². The fourth-order valence-electron chi connectivity index (χ4n) is 2.89. The van der Waals surface area contributed by atoms with Crippen LogP contribution in [0.4, 0.5) is 4.79 Å². The molecule has 1 atom stereocenters. The van der Waals surface area contributed by atoms with Crippen LogP contribution in [0.5, 0.6) is 0 Å². The van der Waals surface area contributed by atoms with Crippen molar-refractivity contribution in [3.8, 4) is 0 Å². The summed E-state index contributed by atoms with van der Waals surface area (Å²) in [5.41, 5.74) is 2.26. The number of carbonyl (C=O) groups is 2. The predicted molar refractivity (Wildman–Crippen MR) is 92.5 cm³/mol. The average molecular weight is 354 g/mol. The summed E-state index contributed by atoms with van der Waals surface area (Å²) in [5.74, 6) is -0.276. The number of benzene rings is 1. The molecule has 0 saturated carbocycles. The summed E-state index contributed by atoms with van der Waals surface area (Å²) in [7, 11) is 0. The predicted octanol–water partition coefficient (Wildman–Crippen LogP) is 3.98. The Hall–Kier alpha value is -1.75. The van der Waals surface area contributed by atoms with Gasteiger partial charge in [-0.25, -0.2) is 9.59 Å². The first-order valence-electron chi connectivity index (χ1n) is 8.13. The van der Waals surface area contributed by atoms with Gasteiger partial charge in [-0.3, -0.25) is 0 Å². The normalized spacial score (nSPS) is 16.9. The molecule has 0 heterocycles. The zero-order chi connectivity index (χ0) is 17.7. The maximum atomic E-state index is 11.9. The molecule has 0 radical (unpaired) electrons. The van der Waals surface area contributed by atoms with Crippen LogP contribution in [0.15, 0.2) is 18.2 Å². The van der Waals surface area contributed by atoms with Gasteiger partial charge in [-0.05, 0) is 63.3 Å². The molecular formula is C18H24ClNO4.